The first-order valence-corrected chi connectivity index (χ1v) is 7.49. The SMILES string of the molecule is [CH2]C(OCC)c1ccccc1OCCc1ccc(Cl)cc1. The molecule has 0 fully saturated rings. The van der Waals surface area contributed by atoms with Crippen molar-refractivity contribution in [3.63, 3.8) is 0 Å². The first kappa shape index (κ1) is 15.9. The molecule has 1 atom stereocenters. The van der Waals surface area contributed by atoms with Crippen molar-refractivity contribution >= 4 is 11.6 Å². The Morgan fingerprint density at radius 2 is 1.81 bits per heavy atom. The molecule has 1 unspecified atom stereocenters. The molecule has 21 heavy (non-hydrogen) atoms. The van der Waals surface area contributed by atoms with E-state index in [9.17, 15) is 0 Å². The normalized spacial score (nSPS) is 12.1. The Morgan fingerprint density at radius 1 is 1.10 bits per heavy atom. The molecule has 0 spiro atoms. The van der Waals surface area contributed by atoms with Gasteiger partial charge in [0, 0.05) is 23.6 Å². The minimum absolute atomic E-state index is 0.207. The molecule has 0 N–H and O–H groups in total. The van der Waals surface area contributed by atoms with Crippen molar-refractivity contribution in [1.29, 1.82) is 0 Å². The maximum absolute atomic E-state index is 5.89. The van der Waals surface area contributed by atoms with E-state index in [0.717, 1.165) is 22.8 Å². The zero-order chi connectivity index (χ0) is 15.1. The quantitative estimate of drug-likeness (QED) is 0.726. The molecule has 111 valence electrons. The number of para-hydroxylation sites is 1. The van der Waals surface area contributed by atoms with Crippen LogP contribution >= 0.6 is 11.6 Å². The summed E-state index contributed by atoms with van der Waals surface area (Å²) in [5.74, 6) is 0.833. The summed E-state index contributed by atoms with van der Waals surface area (Å²) in [6.45, 7) is 7.22. The first-order chi connectivity index (χ1) is 10.2. The van der Waals surface area contributed by atoms with Crippen LogP contribution in [0.2, 0.25) is 5.02 Å². The van der Waals surface area contributed by atoms with E-state index >= 15 is 0 Å². The van der Waals surface area contributed by atoms with Gasteiger partial charge in [0.15, 0.2) is 0 Å². The molecule has 0 aromatic heterocycles. The van der Waals surface area contributed by atoms with E-state index in [1.807, 2.05) is 55.5 Å². The lowest BCUT2D eigenvalue weighted by molar-refractivity contribution is 0.0922. The average molecular weight is 304 g/mol. The van der Waals surface area contributed by atoms with Gasteiger partial charge in [0.1, 0.15) is 5.75 Å². The van der Waals surface area contributed by atoms with Gasteiger partial charge >= 0.3 is 0 Å². The van der Waals surface area contributed by atoms with E-state index < -0.39 is 0 Å². The maximum atomic E-state index is 5.89. The van der Waals surface area contributed by atoms with Crippen LogP contribution in [0.25, 0.3) is 0 Å². The predicted molar refractivity (Wildman–Crippen MR) is 86.8 cm³/mol. The summed E-state index contributed by atoms with van der Waals surface area (Å²) in [5, 5.41) is 0.752. The minimum Gasteiger partial charge on any atom is -0.493 e. The van der Waals surface area contributed by atoms with Crippen LogP contribution in [-0.2, 0) is 11.2 Å². The van der Waals surface area contributed by atoms with Crippen LogP contribution in [-0.4, -0.2) is 13.2 Å². The monoisotopic (exact) mass is 303 g/mol. The van der Waals surface area contributed by atoms with Crippen molar-refractivity contribution in [3.8, 4) is 5.75 Å². The van der Waals surface area contributed by atoms with E-state index in [2.05, 4.69) is 6.92 Å². The molecular weight excluding hydrogens is 284 g/mol. The molecule has 0 bridgehead atoms. The summed E-state index contributed by atoms with van der Waals surface area (Å²) in [5.41, 5.74) is 2.18. The number of benzene rings is 2. The fourth-order valence-corrected chi connectivity index (χ4v) is 2.22. The molecule has 0 saturated heterocycles. The van der Waals surface area contributed by atoms with Crippen molar-refractivity contribution in [2.24, 2.45) is 0 Å². The number of hydrogen-bond donors (Lipinski definition) is 0. The molecule has 0 aliphatic carbocycles. The van der Waals surface area contributed by atoms with E-state index in [1.54, 1.807) is 0 Å². The lowest BCUT2D eigenvalue weighted by atomic mass is 10.1. The Hall–Kier alpha value is -1.51. The second-order valence-electron chi connectivity index (χ2n) is 4.71. The summed E-state index contributed by atoms with van der Waals surface area (Å²) in [7, 11) is 0. The highest BCUT2D eigenvalue weighted by Gasteiger charge is 2.11. The standard InChI is InChI=1S/C18H20ClO2/c1-3-20-14(2)17-6-4-5-7-18(17)21-13-12-15-8-10-16(19)11-9-15/h4-11,14H,2-3,12-13H2,1H3. The Labute approximate surface area is 131 Å². The number of rotatable bonds is 7. The fraction of sp³-hybridized carbons (Fsp3) is 0.278. The van der Waals surface area contributed by atoms with Gasteiger partial charge in [-0.05, 0) is 37.6 Å². The van der Waals surface area contributed by atoms with Crippen LogP contribution in [0.4, 0.5) is 0 Å². The fourth-order valence-electron chi connectivity index (χ4n) is 2.10. The molecule has 2 aromatic carbocycles. The minimum atomic E-state index is -0.207. The summed E-state index contributed by atoms with van der Waals surface area (Å²) < 4.78 is 11.4. The third kappa shape index (κ3) is 4.76. The van der Waals surface area contributed by atoms with Gasteiger partial charge in [-0.3, -0.25) is 0 Å². The Bertz CT molecular complexity index is 551. The Morgan fingerprint density at radius 3 is 2.52 bits per heavy atom. The summed E-state index contributed by atoms with van der Waals surface area (Å²) >= 11 is 5.87. The molecule has 0 aliphatic heterocycles. The van der Waals surface area contributed by atoms with Gasteiger partial charge in [0.25, 0.3) is 0 Å². The summed E-state index contributed by atoms with van der Waals surface area (Å²) in [6, 6.07) is 15.7. The van der Waals surface area contributed by atoms with Gasteiger partial charge in [0.05, 0.1) is 12.7 Å². The molecule has 0 saturated carbocycles. The lowest BCUT2D eigenvalue weighted by Crippen LogP contribution is -2.06. The van der Waals surface area contributed by atoms with Crippen molar-refractivity contribution in [1.82, 2.24) is 0 Å². The van der Waals surface area contributed by atoms with Gasteiger partial charge in [-0.15, -0.1) is 0 Å². The zero-order valence-electron chi connectivity index (χ0n) is 12.2. The molecule has 2 nitrogen and oxygen atoms in total. The van der Waals surface area contributed by atoms with Crippen molar-refractivity contribution in [3.05, 3.63) is 71.6 Å². The van der Waals surface area contributed by atoms with Crippen LogP contribution in [0.3, 0.4) is 0 Å². The highest BCUT2D eigenvalue weighted by atomic mass is 35.5. The van der Waals surface area contributed by atoms with Crippen LogP contribution in [0, 0.1) is 6.92 Å². The second kappa shape index (κ2) is 8.06. The van der Waals surface area contributed by atoms with Crippen LogP contribution in [0.1, 0.15) is 24.2 Å². The smallest absolute Gasteiger partial charge is 0.125 e. The van der Waals surface area contributed by atoms with Crippen molar-refractivity contribution in [2.75, 3.05) is 13.2 Å². The third-order valence-electron chi connectivity index (χ3n) is 3.20. The van der Waals surface area contributed by atoms with E-state index in [1.165, 1.54) is 5.56 Å². The molecule has 0 heterocycles. The average Bonchev–Trinajstić information content (AvgIpc) is 2.50. The summed E-state index contributed by atoms with van der Waals surface area (Å²) in [4.78, 5) is 0. The third-order valence-corrected chi connectivity index (χ3v) is 3.45. The van der Waals surface area contributed by atoms with Crippen LogP contribution < -0.4 is 4.74 Å². The predicted octanol–water partition coefficient (Wildman–Crippen LogP) is 4.87. The largest absolute Gasteiger partial charge is 0.493 e. The van der Waals surface area contributed by atoms with E-state index in [4.69, 9.17) is 21.1 Å². The Kier molecular flexibility index (Phi) is 6.09. The van der Waals surface area contributed by atoms with Gasteiger partial charge < -0.3 is 9.47 Å². The molecule has 2 rings (SSSR count). The molecule has 0 aliphatic rings. The summed E-state index contributed by atoms with van der Waals surface area (Å²) in [6.07, 6.45) is 0.629. The van der Waals surface area contributed by atoms with Crippen molar-refractivity contribution in [2.45, 2.75) is 19.4 Å². The van der Waals surface area contributed by atoms with Crippen LogP contribution in [0.15, 0.2) is 48.5 Å². The zero-order valence-corrected chi connectivity index (χ0v) is 13.0. The second-order valence-corrected chi connectivity index (χ2v) is 5.14. The van der Waals surface area contributed by atoms with Gasteiger partial charge in [-0.2, -0.15) is 0 Å². The van der Waals surface area contributed by atoms with E-state index in [-0.39, 0.29) is 6.10 Å². The maximum Gasteiger partial charge on any atom is 0.125 e. The highest BCUT2D eigenvalue weighted by molar-refractivity contribution is 6.30. The highest BCUT2D eigenvalue weighted by Crippen LogP contribution is 2.27. The van der Waals surface area contributed by atoms with Crippen LogP contribution in [0.5, 0.6) is 5.75 Å². The first-order valence-electron chi connectivity index (χ1n) is 7.11. The van der Waals surface area contributed by atoms with E-state index in [0.29, 0.717) is 13.2 Å². The lowest BCUT2D eigenvalue weighted by Gasteiger charge is -2.16. The topological polar surface area (TPSA) is 18.5 Å². The Balaban J connectivity index is 1.95. The van der Waals surface area contributed by atoms with Gasteiger partial charge in [0.2, 0.25) is 0 Å². The molecule has 1 radical (unpaired) electrons. The molecule has 2 aromatic rings. The number of hydrogen-bond acceptors (Lipinski definition) is 2. The number of halogens is 1. The molecule has 3 heteroatoms. The molecule has 0 amide bonds. The van der Waals surface area contributed by atoms with Gasteiger partial charge in [-0.1, -0.05) is 41.9 Å². The molecular formula is C18H20ClO2. The van der Waals surface area contributed by atoms with Gasteiger partial charge in [-0.25, -0.2) is 0 Å². The van der Waals surface area contributed by atoms with Crippen molar-refractivity contribution < 1.29 is 9.47 Å². The number of ether oxygens (including phenoxy) is 2.